The Morgan fingerprint density at radius 1 is 1.00 bits per heavy atom. The van der Waals surface area contributed by atoms with Gasteiger partial charge in [0.25, 0.3) is 0 Å². The predicted octanol–water partition coefficient (Wildman–Crippen LogP) is 4.18. The molecule has 0 aliphatic heterocycles. The molecule has 122 valence electrons. The molecule has 3 rings (SSSR count). The number of carbonyl (C=O) groups is 1. The molecule has 4 heteroatoms. The minimum Gasteiger partial charge on any atom is -0.380 e. The molecule has 3 aromatic rings. The highest BCUT2D eigenvalue weighted by Crippen LogP contribution is 2.21. The largest absolute Gasteiger partial charge is 0.380 e. The monoisotopic (exact) mass is 319 g/mol. The minimum absolute atomic E-state index is 0.683. The van der Waals surface area contributed by atoms with Gasteiger partial charge >= 0.3 is 0 Å². The molecule has 0 fully saturated rings. The van der Waals surface area contributed by atoms with Crippen LogP contribution >= 0.6 is 0 Å². The second-order valence-electron chi connectivity index (χ2n) is 5.90. The summed E-state index contributed by atoms with van der Waals surface area (Å²) in [4.78, 5) is 10.5. The van der Waals surface area contributed by atoms with Crippen molar-refractivity contribution in [2.45, 2.75) is 13.5 Å². The van der Waals surface area contributed by atoms with Gasteiger partial charge < -0.3 is 15.2 Å². The van der Waals surface area contributed by atoms with Gasteiger partial charge in [-0.15, -0.1) is 0 Å². The summed E-state index contributed by atoms with van der Waals surface area (Å²) in [5, 5.41) is 6.04. The predicted molar refractivity (Wildman–Crippen MR) is 99.0 cm³/mol. The second-order valence-corrected chi connectivity index (χ2v) is 5.90. The summed E-state index contributed by atoms with van der Waals surface area (Å²) in [7, 11) is 1.90. The van der Waals surface area contributed by atoms with Gasteiger partial charge in [0.2, 0.25) is 6.41 Å². The van der Waals surface area contributed by atoms with E-state index in [2.05, 4.69) is 66.1 Å². The molecule has 0 saturated heterocycles. The summed E-state index contributed by atoms with van der Waals surface area (Å²) in [6, 6.07) is 19.0. The number of nitrogens with zero attached hydrogens (tertiary/aromatic N) is 1. The zero-order valence-corrected chi connectivity index (χ0v) is 13.9. The van der Waals surface area contributed by atoms with E-state index in [0.29, 0.717) is 6.41 Å². The van der Waals surface area contributed by atoms with Gasteiger partial charge in [0.15, 0.2) is 0 Å². The maximum absolute atomic E-state index is 10.5. The van der Waals surface area contributed by atoms with E-state index in [1.165, 1.54) is 22.3 Å². The van der Waals surface area contributed by atoms with Gasteiger partial charge in [0, 0.05) is 25.9 Å². The standard InChI is InChI=1S/C20H21N3O/c1-15-3-7-17(8-4-15)18-9-5-16(6-10-18)12-21-19-11-20(22-14-24)23(2)13-19/h3-11,13-14,21H,12H2,1-2H3,(H,22,24). The van der Waals surface area contributed by atoms with Crippen LogP contribution in [0, 0.1) is 6.92 Å². The first-order valence-corrected chi connectivity index (χ1v) is 7.92. The highest BCUT2D eigenvalue weighted by Gasteiger charge is 2.03. The number of aromatic nitrogens is 1. The van der Waals surface area contributed by atoms with Crippen molar-refractivity contribution in [3.63, 3.8) is 0 Å². The van der Waals surface area contributed by atoms with Crippen molar-refractivity contribution in [2.75, 3.05) is 10.6 Å². The van der Waals surface area contributed by atoms with Gasteiger partial charge in [0.05, 0.1) is 5.69 Å². The summed E-state index contributed by atoms with van der Waals surface area (Å²) >= 11 is 0. The molecule has 0 aliphatic carbocycles. The average molecular weight is 319 g/mol. The van der Waals surface area contributed by atoms with E-state index in [1.807, 2.05) is 23.9 Å². The van der Waals surface area contributed by atoms with Crippen molar-refractivity contribution < 1.29 is 4.79 Å². The Hall–Kier alpha value is -3.01. The Morgan fingerprint density at radius 3 is 2.25 bits per heavy atom. The maximum Gasteiger partial charge on any atom is 0.212 e. The number of anilines is 2. The average Bonchev–Trinajstić information content (AvgIpc) is 2.95. The third kappa shape index (κ3) is 3.66. The van der Waals surface area contributed by atoms with Crippen molar-refractivity contribution in [3.05, 3.63) is 71.9 Å². The molecule has 0 saturated carbocycles. The first-order chi connectivity index (χ1) is 11.7. The first-order valence-electron chi connectivity index (χ1n) is 7.92. The third-order valence-corrected chi connectivity index (χ3v) is 4.05. The normalized spacial score (nSPS) is 10.4. The zero-order chi connectivity index (χ0) is 16.9. The van der Waals surface area contributed by atoms with Crippen molar-refractivity contribution in [3.8, 4) is 11.1 Å². The fourth-order valence-electron chi connectivity index (χ4n) is 2.63. The lowest BCUT2D eigenvalue weighted by molar-refractivity contribution is -0.105. The van der Waals surface area contributed by atoms with Crippen molar-refractivity contribution in [1.82, 2.24) is 4.57 Å². The van der Waals surface area contributed by atoms with Crippen molar-refractivity contribution >= 4 is 17.9 Å². The Balaban J connectivity index is 1.65. The molecular weight excluding hydrogens is 298 g/mol. The summed E-state index contributed by atoms with van der Waals surface area (Å²) < 4.78 is 1.87. The summed E-state index contributed by atoms with van der Waals surface area (Å²) in [6.07, 6.45) is 2.63. The lowest BCUT2D eigenvalue weighted by Crippen LogP contribution is -1.98. The molecule has 0 aliphatic rings. The lowest BCUT2D eigenvalue weighted by atomic mass is 10.0. The lowest BCUT2D eigenvalue weighted by Gasteiger charge is -2.06. The molecule has 2 N–H and O–H groups in total. The number of carbonyl (C=O) groups excluding carboxylic acids is 1. The molecule has 1 heterocycles. The Morgan fingerprint density at radius 2 is 1.62 bits per heavy atom. The minimum atomic E-state index is 0.683. The van der Waals surface area contributed by atoms with E-state index in [-0.39, 0.29) is 0 Å². The van der Waals surface area contributed by atoms with Crippen LogP contribution in [0.25, 0.3) is 11.1 Å². The summed E-state index contributed by atoms with van der Waals surface area (Å²) in [5.74, 6) is 0.766. The van der Waals surface area contributed by atoms with Gasteiger partial charge in [-0.3, -0.25) is 4.79 Å². The van der Waals surface area contributed by atoms with E-state index < -0.39 is 0 Å². The number of benzene rings is 2. The number of rotatable bonds is 6. The number of nitrogens with one attached hydrogen (secondary N) is 2. The van der Waals surface area contributed by atoms with Crippen LogP contribution in [0.15, 0.2) is 60.8 Å². The van der Waals surface area contributed by atoms with Crippen LogP contribution in [0.1, 0.15) is 11.1 Å². The molecular formula is C20H21N3O. The van der Waals surface area contributed by atoms with Crippen LogP contribution in [-0.4, -0.2) is 11.0 Å². The number of amides is 1. The molecule has 0 radical (unpaired) electrons. The highest BCUT2D eigenvalue weighted by atomic mass is 16.1. The third-order valence-electron chi connectivity index (χ3n) is 4.05. The highest BCUT2D eigenvalue weighted by molar-refractivity contribution is 5.72. The van der Waals surface area contributed by atoms with Gasteiger partial charge in [-0.25, -0.2) is 0 Å². The molecule has 1 aromatic heterocycles. The quantitative estimate of drug-likeness (QED) is 0.670. The molecule has 4 nitrogen and oxygen atoms in total. The Labute approximate surface area is 142 Å². The fraction of sp³-hybridized carbons (Fsp3) is 0.150. The van der Waals surface area contributed by atoms with E-state index in [1.54, 1.807) is 0 Å². The molecule has 24 heavy (non-hydrogen) atoms. The van der Waals surface area contributed by atoms with Crippen LogP contribution in [-0.2, 0) is 18.4 Å². The number of hydrogen-bond donors (Lipinski definition) is 2. The second kappa shape index (κ2) is 7.04. The van der Waals surface area contributed by atoms with Crippen LogP contribution in [0.4, 0.5) is 11.5 Å². The van der Waals surface area contributed by atoms with Crippen LogP contribution in [0.3, 0.4) is 0 Å². The van der Waals surface area contributed by atoms with E-state index in [4.69, 9.17) is 0 Å². The van der Waals surface area contributed by atoms with E-state index >= 15 is 0 Å². The zero-order valence-electron chi connectivity index (χ0n) is 13.9. The topological polar surface area (TPSA) is 46.1 Å². The summed E-state index contributed by atoms with van der Waals surface area (Å²) in [6.45, 7) is 2.83. The molecule has 0 bridgehead atoms. The number of aryl methyl sites for hydroxylation is 2. The first kappa shape index (κ1) is 15.9. The van der Waals surface area contributed by atoms with Crippen molar-refractivity contribution in [2.24, 2.45) is 7.05 Å². The van der Waals surface area contributed by atoms with Gasteiger partial charge in [0.1, 0.15) is 5.82 Å². The van der Waals surface area contributed by atoms with Crippen LogP contribution in [0.5, 0.6) is 0 Å². The molecule has 2 aromatic carbocycles. The van der Waals surface area contributed by atoms with Crippen LogP contribution in [0.2, 0.25) is 0 Å². The van der Waals surface area contributed by atoms with Gasteiger partial charge in [-0.05, 0) is 23.6 Å². The van der Waals surface area contributed by atoms with Gasteiger partial charge in [-0.1, -0.05) is 54.1 Å². The van der Waals surface area contributed by atoms with Gasteiger partial charge in [-0.2, -0.15) is 0 Å². The SMILES string of the molecule is Cc1ccc(-c2ccc(CNc3cc(NC=O)n(C)c3)cc2)cc1. The van der Waals surface area contributed by atoms with Crippen LogP contribution < -0.4 is 10.6 Å². The Kier molecular flexibility index (Phi) is 4.66. The molecule has 0 spiro atoms. The summed E-state index contributed by atoms with van der Waals surface area (Å²) in [5.41, 5.74) is 5.90. The van der Waals surface area contributed by atoms with E-state index in [9.17, 15) is 4.79 Å². The smallest absolute Gasteiger partial charge is 0.212 e. The number of hydrogen-bond acceptors (Lipinski definition) is 2. The molecule has 0 unspecified atom stereocenters. The maximum atomic E-state index is 10.5. The Bertz CT molecular complexity index is 817. The van der Waals surface area contributed by atoms with Crippen molar-refractivity contribution in [1.29, 1.82) is 0 Å². The molecule has 0 atom stereocenters. The fourth-order valence-corrected chi connectivity index (χ4v) is 2.63. The molecule has 1 amide bonds. The van der Waals surface area contributed by atoms with E-state index in [0.717, 1.165) is 18.1 Å².